The van der Waals surface area contributed by atoms with E-state index in [0.29, 0.717) is 31.8 Å². The van der Waals surface area contributed by atoms with E-state index in [1.807, 2.05) is 65.6 Å². The molecule has 3 aromatic rings. The summed E-state index contributed by atoms with van der Waals surface area (Å²) in [6, 6.07) is 19.4. The SMILES string of the molecule is CC(=O)NCCCO[C@H]1CCCC[C@@H]1n1cnc(C(=O)N2CCN(C(=O)O)C[C@H]2Cc2ccccc2)c1-c1ccccc1. The molecule has 2 aliphatic rings. The maximum absolute atomic E-state index is 14.4. The van der Waals surface area contributed by atoms with Gasteiger partial charge in [-0.25, -0.2) is 9.78 Å². The van der Waals surface area contributed by atoms with Gasteiger partial charge in [-0.1, -0.05) is 73.5 Å². The molecule has 10 nitrogen and oxygen atoms in total. The Labute approximate surface area is 252 Å². The second kappa shape index (κ2) is 14.3. The van der Waals surface area contributed by atoms with Crippen LogP contribution in [0.25, 0.3) is 11.3 Å². The molecular weight excluding hydrogens is 546 g/mol. The van der Waals surface area contributed by atoms with Crippen LogP contribution in [0, 0.1) is 0 Å². The van der Waals surface area contributed by atoms with Crippen LogP contribution in [0.3, 0.4) is 0 Å². The van der Waals surface area contributed by atoms with Gasteiger partial charge in [0.05, 0.1) is 30.2 Å². The van der Waals surface area contributed by atoms with Crippen LogP contribution >= 0.6 is 0 Å². The number of amides is 3. The Balaban J connectivity index is 1.44. The highest BCUT2D eigenvalue weighted by Gasteiger charge is 2.37. The Kier molecular flexibility index (Phi) is 10.1. The molecule has 2 heterocycles. The number of carbonyl (C=O) groups excluding carboxylic acids is 2. The van der Waals surface area contributed by atoms with E-state index in [9.17, 15) is 19.5 Å². The zero-order valence-corrected chi connectivity index (χ0v) is 24.7. The fourth-order valence-corrected chi connectivity index (χ4v) is 6.31. The normalized spacial score (nSPS) is 20.5. The van der Waals surface area contributed by atoms with Crippen molar-refractivity contribution in [3.8, 4) is 11.3 Å². The zero-order valence-electron chi connectivity index (χ0n) is 24.7. The molecule has 0 unspecified atom stereocenters. The smallest absolute Gasteiger partial charge is 0.407 e. The molecule has 1 aliphatic heterocycles. The maximum atomic E-state index is 14.4. The molecule has 0 bridgehead atoms. The van der Waals surface area contributed by atoms with Gasteiger partial charge in [0, 0.05) is 45.3 Å². The third kappa shape index (κ3) is 7.43. The molecule has 0 spiro atoms. The van der Waals surface area contributed by atoms with Crippen LogP contribution in [0.2, 0.25) is 0 Å². The number of aromatic nitrogens is 2. The average molecular weight is 588 g/mol. The van der Waals surface area contributed by atoms with Gasteiger partial charge in [0.2, 0.25) is 5.91 Å². The van der Waals surface area contributed by atoms with Crippen molar-refractivity contribution in [3.05, 3.63) is 78.2 Å². The van der Waals surface area contributed by atoms with Gasteiger partial charge in [-0.05, 0) is 31.2 Å². The number of piperazine rings is 1. The first-order chi connectivity index (χ1) is 20.9. The Morgan fingerprint density at radius 3 is 2.44 bits per heavy atom. The molecule has 5 rings (SSSR count). The summed E-state index contributed by atoms with van der Waals surface area (Å²) in [4.78, 5) is 45.4. The highest BCUT2D eigenvalue weighted by atomic mass is 16.5. The number of carbonyl (C=O) groups is 3. The molecule has 1 saturated carbocycles. The Bertz CT molecular complexity index is 1380. The fourth-order valence-electron chi connectivity index (χ4n) is 6.31. The number of imidazole rings is 1. The van der Waals surface area contributed by atoms with Crippen molar-refractivity contribution in [2.75, 3.05) is 32.8 Å². The van der Waals surface area contributed by atoms with Crippen LogP contribution < -0.4 is 5.32 Å². The van der Waals surface area contributed by atoms with Gasteiger partial charge in [0.25, 0.3) is 5.91 Å². The molecule has 2 fully saturated rings. The molecule has 228 valence electrons. The monoisotopic (exact) mass is 587 g/mol. The maximum Gasteiger partial charge on any atom is 0.407 e. The summed E-state index contributed by atoms with van der Waals surface area (Å²) in [7, 11) is 0. The van der Waals surface area contributed by atoms with Gasteiger partial charge in [0.15, 0.2) is 5.69 Å². The van der Waals surface area contributed by atoms with E-state index in [1.54, 1.807) is 6.33 Å². The van der Waals surface area contributed by atoms with Gasteiger partial charge >= 0.3 is 6.09 Å². The molecule has 3 amide bonds. The van der Waals surface area contributed by atoms with Crippen molar-refractivity contribution in [2.24, 2.45) is 0 Å². The number of hydrogen-bond donors (Lipinski definition) is 2. The first-order valence-electron chi connectivity index (χ1n) is 15.2. The summed E-state index contributed by atoms with van der Waals surface area (Å²) < 4.78 is 8.49. The number of benzene rings is 2. The third-order valence-electron chi connectivity index (χ3n) is 8.42. The van der Waals surface area contributed by atoms with Gasteiger partial charge in [-0.3, -0.25) is 9.59 Å². The van der Waals surface area contributed by atoms with Crippen molar-refractivity contribution in [1.29, 1.82) is 0 Å². The largest absolute Gasteiger partial charge is 0.465 e. The predicted molar refractivity (Wildman–Crippen MR) is 163 cm³/mol. The molecule has 2 N–H and O–H groups in total. The van der Waals surface area contributed by atoms with Crippen molar-refractivity contribution < 1.29 is 24.2 Å². The summed E-state index contributed by atoms with van der Waals surface area (Å²) in [5, 5.41) is 12.5. The predicted octanol–water partition coefficient (Wildman–Crippen LogP) is 4.62. The zero-order chi connectivity index (χ0) is 30.2. The van der Waals surface area contributed by atoms with E-state index < -0.39 is 6.09 Å². The minimum Gasteiger partial charge on any atom is -0.465 e. The standard InChI is InChI=1S/C33H41N5O5/c1-24(39)34-17-10-20-43-29-16-9-8-15-28(29)38-23-35-30(31(38)26-13-6-3-7-14-26)32(40)37-19-18-36(33(41)42)22-27(37)21-25-11-4-2-5-12-25/h2-7,11-14,23,27-29H,8-10,15-22H2,1H3,(H,34,39)(H,41,42)/t27-,28+,29+/m1/s1. The quantitative estimate of drug-likeness (QED) is 0.334. The Morgan fingerprint density at radius 2 is 1.72 bits per heavy atom. The number of hydrogen-bond acceptors (Lipinski definition) is 5. The third-order valence-corrected chi connectivity index (χ3v) is 8.42. The fraction of sp³-hybridized carbons (Fsp3) is 0.455. The number of nitrogens with one attached hydrogen (secondary N) is 1. The van der Waals surface area contributed by atoms with Crippen LogP contribution in [0.5, 0.6) is 0 Å². The lowest BCUT2D eigenvalue weighted by Crippen LogP contribution is -2.57. The lowest BCUT2D eigenvalue weighted by atomic mass is 9.91. The molecule has 2 aromatic carbocycles. The Morgan fingerprint density at radius 1 is 1.00 bits per heavy atom. The van der Waals surface area contributed by atoms with Gasteiger partial charge in [0.1, 0.15) is 0 Å². The van der Waals surface area contributed by atoms with Gasteiger partial charge < -0.3 is 29.5 Å². The molecule has 1 aliphatic carbocycles. The van der Waals surface area contributed by atoms with Crippen molar-refractivity contribution >= 4 is 17.9 Å². The lowest BCUT2D eigenvalue weighted by molar-refractivity contribution is -0.119. The topological polar surface area (TPSA) is 117 Å². The van der Waals surface area contributed by atoms with Crippen LogP contribution in [0.1, 0.15) is 61.1 Å². The number of ether oxygens (including phenoxy) is 1. The molecule has 1 aromatic heterocycles. The van der Waals surface area contributed by atoms with Gasteiger partial charge in [-0.2, -0.15) is 0 Å². The van der Waals surface area contributed by atoms with Crippen LogP contribution in [-0.2, 0) is 16.0 Å². The van der Waals surface area contributed by atoms with Crippen LogP contribution in [0.4, 0.5) is 4.79 Å². The molecule has 1 saturated heterocycles. The summed E-state index contributed by atoms with van der Waals surface area (Å²) >= 11 is 0. The molecule has 0 radical (unpaired) electrons. The van der Waals surface area contributed by atoms with Crippen molar-refractivity contribution in [3.63, 3.8) is 0 Å². The molecule has 10 heteroatoms. The van der Waals surface area contributed by atoms with E-state index in [2.05, 4.69) is 9.88 Å². The van der Waals surface area contributed by atoms with E-state index in [0.717, 1.165) is 48.9 Å². The minimum absolute atomic E-state index is 0.0164. The van der Waals surface area contributed by atoms with E-state index in [-0.39, 0.29) is 43.1 Å². The molecular formula is C33H41N5O5. The first-order valence-corrected chi connectivity index (χ1v) is 15.2. The van der Waals surface area contributed by atoms with E-state index in [1.165, 1.54) is 11.8 Å². The second-order valence-corrected chi connectivity index (χ2v) is 11.4. The van der Waals surface area contributed by atoms with Crippen LogP contribution in [-0.4, -0.2) is 87.3 Å². The summed E-state index contributed by atoms with van der Waals surface area (Å²) in [6.45, 7) is 3.42. The van der Waals surface area contributed by atoms with Gasteiger partial charge in [-0.15, -0.1) is 0 Å². The second-order valence-electron chi connectivity index (χ2n) is 11.4. The summed E-state index contributed by atoms with van der Waals surface area (Å²) in [5.74, 6) is -0.235. The summed E-state index contributed by atoms with van der Waals surface area (Å²) in [5.41, 5.74) is 3.10. The highest BCUT2D eigenvalue weighted by molar-refractivity contribution is 5.98. The number of rotatable bonds is 10. The van der Waals surface area contributed by atoms with E-state index >= 15 is 0 Å². The molecule has 43 heavy (non-hydrogen) atoms. The summed E-state index contributed by atoms with van der Waals surface area (Å²) in [6.07, 6.45) is 6.01. The van der Waals surface area contributed by atoms with Crippen molar-refractivity contribution in [2.45, 2.75) is 63.6 Å². The first kappa shape index (κ1) is 30.3. The van der Waals surface area contributed by atoms with Crippen LogP contribution in [0.15, 0.2) is 67.0 Å². The lowest BCUT2D eigenvalue weighted by Gasteiger charge is -2.40. The Hall–Kier alpha value is -4.18. The van der Waals surface area contributed by atoms with E-state index in [4.69, 9.17) is 9.72 Å². The minimum atomic E-state index is -0.972. The van der Waals surface area contributed by atoms with Crippen molar-refractivity contribution in [1.82, 2.24) is 24.7 Å². The average Bonchev–Trinajstić information content (AvgIpc) is 3.46. The highest BCUT2D eigenvalue weighted by Crippen LogP contribution is 2.36. The number of nitrogens with zero attached hydrogens (tertiary/aromatic N) is 4. The molecule has 3 atom stereocenters. The number of carboxylic acid groups (broad SMARTS) is 1.